The number of halogens is 2. The Labute approximate surface area is 129 Å². The van der Waals surface area contributed by atoms with Gasteiger partial charge in [0.25, 0.3) is 5.56 Å². The fourth-order valence-electron chi connectivity index (χ4n) is 1.91. The van der Waals surface area contributed by atoms with Crippen molar-refractivity contribution in [2.75, 3.05) is 5.32 Å². The molecule has 1 aromatic carbocycles. The fraction of sp³-hybridized carbons (Fsp3) is 0.0714. The van der Waals surface area contributed by atoms with E-state index in [-0.39, 0.29) is 10.8 Å². The van der Waals surface area contributed by atoms with Gasteiger partial charge in [-0.05, 0) is 29.8 Å². The number of imidazole rings is 1. The first-order valence-electron chi connectivity index (χ1n) is 6.40. The van der Waals surface area contributed by atoms with Gasteiger partial charge in [-0.15, -0.1) is 0 Å². The second kappa shape index (κ2) is 5.98. The molecular formula is C14H11ClFN5O. The molecule has 0 aliphatic heterocycles. The van der Waals surface area contributed by atoms with Crippen molar-refractivity contribution in [2.24, 2.45) is 0 Å². The molecule has 3 aromatic rings. The summed E-state index contributed by atoms with van der Waals surface area (Å²) >= 11 is 5.86. The lowest BCUT2D eigenvalue weighted by Gasteiger charge is -2.04. The molecule has 0 aliphatic carbocycles. The number of rotatable bonds is 4. The van der Waals surface area contributed by atoms with E-state index in [2.05, 4.69) is 25.5 Å². The van der Waals surface area contributed by atoms with E-state index in [1.807, 2.05) is 0 Å². The maximum Gasteiger partial charge on any atom is 0.285 e. The highest BCUT2D eigenvalue weighted by Gasteiger charge is 2.07. The first-order valence-corrected chi connectivity index (χ1v) is 6.78. The van der Waals surface area contributed by atoms with Crippen LogP contribution in [0.15, 0.2) is 41.5 Å². The largest absolute Gasteiger partial charge is 0.375 e. The Morgan fingerprint density at radius 3 is 2.77 bits per heavy atom. The molecule has 112 valence electrons. The van der Waals surface area contributed by atoms with Crippen LogP contribution in [0.1, 0.15) is 5.82 Å². The first kappa shape index (κ1) is 14.3. The van der Waals surface area contributed by atoms with Gasteiger partial charge in [-0.25, -0.2) is 14.5 Å². The third-order valence-corrected chi connectivity index (χ3v) is 3.40. The summed E-state index contributed by atoms with van der Waals surface area (Å²) in [4.78, 5) is 18.7. The predicted molar refractivity (Wildman–Crippen MR) is 81.2 cm³/mol. The van der Waals surface area contributed by atoms with Crippen molar-refractivity contribution in [3.8, 4) is 11.3 Å². The lowest BCUT2D eigenvalue weighted by Crippen LogP contribution is -2.12. The maximum atomic E-state index is 12.9. The van der Waals surface area contributed by atoms with Crippen molar-refractivity contribution in [2.45, 2.75) is 6.54 Å². The number of aromatic amines is 2. The van der Waals surface area contributed by atoms with Gasteiger partial charge in [-0.1, -0.05) is 11.6 Å². The molecule has 0 spiro atoms. The normalized spacial score (nSPS) is 10.6. The number of nitrogens with one attached hydrogen (secondary N) is 3. The van der Waals surface area contributed by atoms with Gasteiger partial charge in [-0.2, -0.15) is 5.10 Å². The highest BCUT2D eigenvalue weighted by molar-refractivity contribution is 6.32. The molecule has 0 saturated carbocycles. The minimum absolute atomic E-state index is 0.0420. The van der Waals surface area contributed by atoms with Crippen molar-refractivity contribution >= 4 is 17.3 Å². The highest BCUT2D eigenvalue weighted by atomic mass is 35.5. The first-order chi connectivity index (χ1) is 10.6. The summed E-state index contributed by atoms with van der Waals surface area (Å²) in [5, 5.41) is 8.92. The summed E-state index contributed by atoms with van der Waals surface area (Å²) in [6, 6.07) is 6.10. The minimum Gasteiger partial charge on any atom is -0.375 e. The van der Waals surface area contributed by atoms with E-state index in [1.165, 1.54) is 18.3 Å². The molecule has 0 fully saturated rings. The summed E-state index contributed by atoms with van der Waals surface area (Å²) in [7, 11) is 0. The second-order valence-corrected chi connectivity index (χ2v) is 4.91. The van der Waals surface area contributed by atoms with Gasteiger partial charge >= 0.3 is 0 Å². The van der Waals surface area contributed by atoms with Gasteiger partial charge in [0.2, 0.25) is 0 Å². The molecular weight excluding hydrogens is 309 g/mol. The number of benzene rings is 1. The van der Waals surface area contributed by atoms with E-state index < -0.39 is 5.56 Å². The Morgan fingerprint density at radius 2 is 2.00 bits per heavy atom. The Bertz CT molecular complexity index is 843. The number of hydrogen-bond acceptors (Lipinski definition) is 4. The zero-order chi connectivity index (χ0) is 15.5. The maximum absolute atomic E-state index is 12.9. The lowest BCUT2D eigenvalue weighted by atomic mass is 10.2. The fourth-order valence-corrected chi connectivity index (χ4v) is 2.07. The zero-order valence-corrected chi connectivity index (χ0v) is 12.0. The van der Waals surface area contributed by atoms with E-state index in [9.17, 15) is 9.18 Å². The van der Waals surface area contributed by atoms with E-state index >= 15 is 0 Å². The van der Waals surface area contributed by atoms with Crippen LogP contribution >= 0.6 is 11.6 Å². The van der Waals surface area contributed by atoms with Crippen LogP contribution in [0.3, 0.4) is 0 Å². The Hall–Kier alpha value is -2.67. The molecule has 3 N–H and O–H groups in total. The summed E-state index contributed by atoms with van der Waals surface area (Å²) < 4.78 is 12.9. The van der Waals surface area contributed by atoms with E-state index in [4.69, 9.17) is 11.6 Å². The molecule has 3 rings (SSSR count). The molecule has 0 saturated heterocycles. The number of nitrogens with zero attached hydrogens (tertiary/aromatic N) is 2. The number of H-pyrrole nitrogens is 2. The molecule has 0 unspecified atom stereocenters. The number of hydrogen-bond donors (Lipinski definition) is 3. The van der Waals surface area contributed by atoms with E-state index in [1.54, 1.807) is 18.3 Å². The third-order valence-electron chi connectivity index (χ3n) is 3.03. The topological polar surface area (TPSA) is 86.5 Å². The average Bonchev–Trinajstić information content (AvgIpc) is 2.98. The predicted octanol–water partition coefficient (Wildman–Crippen LogP) is 2.56. The van der Waals surface area contributed by atoms with Crippen LogP contribution < -0.4 is 10.9 Å². The van der Waals surface area contributed by atoms with Gasteiger partial charge in [0.15, 0.2) is 0 Å². The molecule has 8 heteroatoms. The van der Waals surface area contributed by atoms with Gasteiger partial charge in [-0.3, -0.25) is 4.79 Å². The Kier molecular flexibility index (Phi) is 3.88. The zero-order valence-electron chi connectivity index (χ0n) is 11.2. The standard InChI is InChI=1S/C14H11ClFN5O/c15-13-11(6-19-21-14(13)22)17-7-12-18-5-10(20-12)8-1-3-9(16)4-2-8/h1-6H,7H2,(H,18,20)(H2,17,21,22). The van der Waals surface area contributed by atoms with E-state index in [0.29, 0.717) is 18.1 Å². The average molecular weight is 320 g/mol. The molecule has 0 radical (unpaired) electrons. The van der Waals surface area contributed by atoms with Gasteiger partial charge in [0.1, 0.15) is 16.7 Å². The van der Waals surface area contributed by atoms with Crippen molar-refractivity contribution in [1.29, 1.82) is 0 Å². The molecule has 22 heavy (non-hydrogen) atoms. The van der Waals surface area contributed by atoms with Crippen LogP contribution in [0.2, 0.25) is 5.02 Å². The number of aromatic nitrogens is 4. The van der Waals surface area contributed by atoms with Crippen molar-refractivity contribution in [1.82, 2.24) is 20.2 Å². The van der Waals surface area contributed by atoms with Gasteiger partial charge in [0, 0.05) is 0 Å². The molecule has 0 bridgehead atoms. The SMILES string of the molecule is O=c1[nH]ncc(NCc2ncc(-c3ccc(F)cc3)[nH]2)c1Cl. The summed E-state index contributed by atoms with van der Waals surface area (Å²) in [5.74, 6) is 0.359. The molecule has 0 atom stereocenters. The van der Waals surface area contributed by atoms with Crippen molar-refractivity contribution in [3.63, 3.8) is 0 Å². The van der Waals surface area contributed by atoms with Crippen molar-refractivity contribution in [3.05, 3.63) is 63.7 Å². The highest BCUT2D eigenvalue weighted by Crippen LogP contribution is 2.19. The second-order valence-electron chi connectivity index (χ2n) is 4.53. The molecule has 0 aliphatic rings. The van der Waals surface area contributed by atoms with Crippen LogP contribution in [0.25, 0.3) is 11.3 Å². The van der Waals surface area contributed by atoms with Gasteiger partial charge in [0.05, 0.1) is 30.3 Å². The van der Waals surface area contributed by atoms with Crippen LogP contribution in [0.4, 0.5) is 10.1 Å². The van der Waals surface area contributed by atoms with Crippen LogP contribution in [0, 0.1) is 5.82 Å². The van der Waals surface area contributed by atoms with Gasteiger partial charge < -0.3 is 10.3 Å². The number of anilines is 1. The summed E-state index contributed by atoms with van der Waals surface area (Å²) in [6.45, 7) is 0.339. The van der Waals surface area contributed by atoms with Crippen LogP contribution in [-0.4, -0.2) is 20.2 Å². The molecule has 0 amide bonds. The summed E-state index contributed by atoms with van der Waals surface area (Å²) in [5.41, 5.74) is 1.56. The smallest absolute Gasteiger partial charge is 0.285 e. The Balaban J connectivity index is 1.73. The molecule has 6 nitrogen and oxygen atoms in total. The Morgan fingerprint density at radius 1 is 1.23 bits per heavy atom. The quantitative estimate of drug-likeness (QED) is 0.690. The minimum atomic E-state index is -0.460. The summed E-state index contributed by atoms with van der Waals surface area (Å²) in [6.07, 6.45) is 3.08. The van der Waals surface area contributed by atoms with E-state index in [0.717, 1.165) is 11.3 Å². The van der Waals surface area contributed by atoms with Crippen LogP contribution in [-0.2, 0) is 6.54 Å². The molecule has 2 heterocycles. The van der Waals surface area contributed by atoms with Crippen LogP contribution in [0.5, 0.6) is 0 Å². The van der Waals surface area contributed by atoms with Crippen molar-refractivity contribution < 1.29 is 4.39 Å². The lowest BCUT2D eigenvalue weighted by molar-refractivity contribution is 0.628. The third kappa shape index (κ3) is 2.99. The molecule has 2 aromatic heterocycles. The monoisotopic (exact) mass is 319 g/mol.